The van der Waals surface area contributed by atoms with Crippen molar-refractivity contribution >= 4 is 39.5 Å². The van der Waals surface area contributed by atoms with Crippen molar-refractivity contribution in [3.8, 4) is 0 Å². The van der Waals surface area contributed by atoms with Gasteiger partial charge in [-0.1, -0.05) is 369 Å². The summed E-state index contributed by atoms with van der Waals surface area (Å²) >= 11 is 0. The van der Waals surface area contributed by atoms with Gasteiger partial charge < -0.3 is 33.8 Å². The molecular formula is C79H154O17P2. The monoisotopic (exact) mass is 1440 g/mol. The number of aliphatic hydroxyl groups is 1. The first kappa shape index (κ1) is 96.1. The number of unbranched alkanes of at least 4 members (excludes halogenated alkanes) is 50. The van der Waals surface area contributed by atoms with Gasteiger partial charge >= 0.3 is 39.5 Å². The maximum atomic E-state index is 13.1. The van der Waals surface area contributed by atoms with Crippen LogP contribution < -0.4 is 0 Å². The molecule has 98 heavy (non-hydrogen) atoms. The number of phosphoric ester groups is 2. The third kappa shape index (κ3) is 71.1. The predicted octanol–water partition coefficient (Wildman–Crippen LogP) is 23.6. The maximum absolute atomic E-state index is 13.1. The van der Waals surface area contributed by atoms with Gasteiger partial charge in [-0.3, -0.25) is 37.3 Å². The quantitative estimate of drug-likeness (QED) is 0.0222. The molecule has 0 radical (unpaired) electrons. The Morgan fingerprint density at radius 1 is 0.286 bits per heavy atom. The van der Waals surface area contributed by atoms with Crippen LogP contribution in [0.25, 0.3) is 0 Å². The van der Waals surface area contributed by atoms with Gasteiger partial charge in [0.2, 0.25) is 0 Å². The highest BCUT2D eigenvalue weighted by Gasteiger charge is 2.30. The molecule has 0 rings (SSSR count). The summed E-state index contributed by atoms with van der Waals surface area (Å²) in [4.78, 5) is 72.8. The number of carbonyl (C=O) groups is 4. The molecule has 17 nitrogen and oxygen atoms in total. The summed E-state index contributed by atoms with van der Waals surface area (Å²) < 4.78 is 68.5. The lowest BCUT2D eigenvalue weighted by atomic mass is 9.99. The van der Waals surface area contributed by atoms with E-state index in [0.29, 0.717) is 25.7 Å². The Morgan fingerprint density at radius 3 is 0.724 bits per heavy atom. The van der Waals surface area contributed by atoms with Crippen molar-refractivity contribution in [2.45, 2.75) is 438 Å². The largest absolute Gasteiger partial charge is 0.472 e. The van der Waals surface area contributed by atoms with Crippen LogP contribution in [-0.4, -0.2) is 96.7 Å². The van der Waals surface area contributed by atoms with E-state index in [1.807, 2.05) is 0 Å². The minimum Gasteiger partial charge on any atom is -0.462 e. The zero-order chi connectivity index (χ0) is 71.9. The van der Waals surface area contributed by atoms with Gasteiger partial charge in [-0.05, 0) is 31.6 Å². The summed E-state index contributed by atoms with van der Waals surface area (Å²) in [5, 5.41) is 10.6. The molecule has 0 saturated carbocycles. The molecule has 0 fully saturated rings. The van der Waals surface area contributed by atoms with Gasteiger partial charge in [0.1, 0.15) is 19.3 Å². The summed E-state index contributed by atoms with van der Waals surface area (Å²) in [7, 11) is -9.91. The first-order chi connectivity index (χ1) is 47.6. The normalized spacial score (nSPS) is 14.2. The molecule has 3 unspecified atom stereocenters. The molecule has 0 saturated heterocycles. The van der Waals surface area contributed by atoms with Crippen molar-refractivity contribution < 1.29 is 80.2 Å². The third-order valence-electron chi connectivity index (χ3n) is 18.9. The molecule has 0 aliphatic rings. The Balaban J connectivity index is 5.17. The molecule has 0 aliphatic heterocycles. The number of rotatable bonds is 79. The molecule has 0 spiro atoms. The topological polar surface area (TPSA) is 237 Å². The van der Waals surface area contributed by atoms with Crippen LogP contribution in [0.15, 0.2) is 0 Å². The molecule has 0 bridgehead atoms. The minimum atomic E-state index is -4.96. The van der Waals surface area contributed by atoms with Gasteiger partial charge in [-0.15, -0.1) is 0 Å². The van der Waals surface area contributed by atoms with Gasteiger partial charge in [0.15, 0.2) is 12.2 Å². The Bertz CT molecular complexity index is 1880. The summed E-state index contributed by atoms with van der Waals surface area (Å²) in [5.41, 5.74) is 0. The second kappa shape index (κ2) is 72.0. The molecular weight excluding hydrogens is 1280 g/mol. The van der Waals surface area contributed by atoms with Gasteiger partial charge in [0.05, 0.1) is 26.4 Å². The molecule has 0 aromatic rings. The second-order valence-corrected chi connectivity index (χ2v) is 31.6. The van der Waals surface area contributed by atoms with Crippen LogP contribution >= 0.6 is 15.6 Å². The fourth-order valence-corrected chi connectivity index (χ4v) is 13.8. The second-order valence-electron chi connectivity index (χ2n) is 28.7. The van der Waals surface area contributed by atoms with Crippen LogP contribution in [-0.2, 0) is 65.4 Å². The van der Waals surface area contributed by atoms with E-state index in [1.165, 1.54) is 231 Å². The predicted molar refractivity (Wildman–Crippen MR) is 400 cm³/mol. The lowest BCUT2D eigenvalue weighted by Crippen LogP contribution is -2.30. The molecule has 0 aromatic carbocycles. The Kier molecular flexibility index (Phi) is 70.6. The summed E-state index contributed by atoms with van der Waals surface area (Å²) in [6.45, 7) is 7.26. The van der Waals surface area contributed by atoms with Crippen molar-refractivity contribution in [3.63, 3.8) is 0 Å². The van der Waals surface area contributed by atoms with Gasteiger partial charge in [0.25, 0.3) is 0 Å². The number of phosphoric acid groups is 2. The minimum absolute atomic E-state index is 0.105. The average Bonchev–Trinajstić information content (AvgIpc) is 0.967. The summed E-state index contributed by atoms with van der Waals surface area (Å²) in [6, 6.07) is 0. The van der Waals surface area contributed by atoms with E-state index in [9.17, 15) is 43.2 Å². The van der Waals surface area contributed by atoms with Gasteiger partial charge in [-0.2, -0.15) is 0 Å². The number of esters is 4. The highest BCUT2D eigenvalue weighted by molar-refractivity contribution is 7.47. The fraction of sp³-hybridized carbons (Fsp3) is 0.949. The fourth-order valence-electron chi connectivity index (χ4n) is 12.2. The third-order valence-corrected chi connectivity index (χ3v) is 20.8. The molecule has 0 heterocycles. The van der Waals surface area contributed by atoms with Crippen molar-refractivity contribution in [3.05, 3.63) is 0 Å². The molecule has 0 aliphatic carbocycles. The van der Waals surface area contributed by atoms with E-state index < -0.39 is 97.5 Å². The average molecular weight is 1440 g/mol. The summed E-state index contributed by atoms with van der Waals surface area (Å²) in [6.07, 6.45) is 62.7. The first-order valence-electron chi connectivity index (χ1n) is 41.2. The number of ether oxygens (including phenoxy) is 4. The van der Waals surface area contributed by atoms with E-state index in [4.69, 9.17) is 37.0 Å². The number of aliphatic hydroxyl groups excluding tert-OH is 1. The molecule has 6 atom stereocenters. The Hall–Kier alpha value is -1.94. The van der Waals surface area contributed by atoms with Crippen molar-refractivity contribution in [1.82, 2.24) is 0 Å². The van der Waals surface area contributed by atoms with Crippen LogP contribution in [0.5, 0.6) is 0 Å². The zero-order valence-electron chi connectivity index (χ0n) is 63.9. The highest BCUT2D eigenvalue weighted by atomic mass is 31.2. The zero-order valence-corrected chi connectivity index (χ0v) is 65.7. The van der Waals surface area contributed by atoms with E-state index in [1.54, 1.807) is 0 Å². The van der Waals surface area contributed by atoms with Gasteiger partial charge in [0, 0.05) is 25.7 Å². The highest BCUT2D eigenvalue weighted by Crippen LogP contribution is 2.45. The standard InChI is InChI=1S/C79H154O17P2/c1-6-10-13-16-19-21-23-25-27-29-31-33-35-37-39-41-43-49-54-59-64-78(83)95-75(69-90-77(82)63-58-53-48-42-40-38-36-34-32-30-28-26-24-22-20-17-14-11-7-2)71-94-98(87,88)92-67-73(80)66-91-97(85,86)93-70-74(68-89-76(81)62-57-52-46-18-15-12-8-3)96-79(84)65-60-55-50-45-44-47-51-56-61-72(5)9-4/h72-75,80H,6-71H2,1-5H3,(H,85,86)(H,87,88)/t72?,73-,74+,75+/m0/s1. The van der Waals surface area contributed by atoms with E-state index in [-0.39, 0.29) is 25.7 Å². The molecule has 0 aromatic heterocycles. The van der Waals surface area contributed by atoms with Crippen LogP contribution in [0.2, 0.25) is 0 Å². The lowest BCUT2D eigenvalue weighted by molar-refractivity contribution is -0.161. The van der Waals surface area contributed by atoms with Crippen molar-refractivity contribution in [2.24, 2.45) is 5.92 Å². The van der Waals surface area contributed by atoms with E-state index in [0.717, 1.165) is 109 Å². The van der Waals surface area contributed by atoms with E-state index in [2.05, 4.69) is 34.6 Å². The molecule has 0 amide bonds. The SMILES string of the molecule is CCCCCCCCCCCCCCCCCCCCCCC(=O)O[C@H](COC(=O)CCCCCCCCCCCCCCCCCCCCC)COP(=O)(O)OC[C@@H](O)COP(=O)(O)OC[C@@H](COC(=O)CCCCCCCCC)OC(=O)CCCCCCCCCCC(C)CC. The first-order valence-corrected chi connectivity index (χ1v) is 44.2. The lowest BCUT2D eigenvalue weighted by Gasteiger charge is -2.21. The van der Waals surface area contributed by atoms with Crippen LogP contribution in [0, 0.1) is 5.92 Å². The maximum Gasteiger partial charge on any atom is 0.472 e. The van der Waals surface area contributed by atoms with Crippen LogP contribution in [0.1, 0.15) is 420 Å². The van der Waals surface area contributed by atoms with Gasteiger partial charge in [-0.25, -0.2) is 9.13 Å². The number of hydrogen-bond acceptors (Lipinski definition) is 15. The smallest absolute Gasteiger partial charge is 0.462 e. The Labute approximate surface area is 600 Å². The van der Waals surface area contributed by atoms with Crippen LogP contribution in [0.4, 0.5) is 0 Å². The Morgan fingerprint density at radius 2 is 0.490 bits per heavy atom. The molecule has 582 valence electrons. The van der Waals surface area contributed by atoms with E-state index >= 15 is 0 Å². The molecule has 19 heteroatoms. The van der Waals surface area contributed by atoms with Crippen molar-refractivity contribution in [1.29, 1.82) is 0 Å². The summed E-state index contributed by atoms with van der Waals surface area (Å²) in [5.74, 6) is -1.35. The molecule has 3 N–H and O–H groups in total. The number of carbonyl (C=O) groups excluding carboxylic acids is 4. The number of hydrogen-bond donors (Lipinski definition) is 3. The van der Waals surface area contributed by atoms with Crippen molar-refractivity contribution in [2.75, 3.05) is 39.6 Å². The van der Waals surface area contributed by atoms with Crippen LogP contribution in [0.3, 0.4) is 0 Å².